The van der Waals surface area contributed by atoms with E-state index in [9.17, 15) is 4.79 Å². The van der Waals surface area contributed by atoms with Crippen LogP contribution in [0.3, 0.4) is 0 Å². The highest BCUT2D eigenvalue weighted by Crippen LogP contribution is 2.03. The number of Topliss-reactive ketones (excluding diaryl/α,β-unsaturated/α-hetero) is 1. The van der Waals surface area contributed by atoms with E-state index in [0.29, 0.717) is 6.42 Å². The molecule has 0 saturated carbocycles. The molecule has 0 amide bonds. The molecule has 0 aromatic carbocycles. The third kappa shape index (κ3) is 5.50. The van der Waals surface area contributed by atoms with Gasteiger partial charge in [-0.05, 0) is 19.3 Å². The first kappa shape index (κ1) is 8.63. The maximum atomic E-state index is 10.4. The minimum Gasteiger partial charge on any atom is -0.396 e. The van der Waals surface area contributed by atoms with Gasteiger partial charge in [-0.15, -0.1) is 0 Å². The van der Waals surface area contributed by atoms with Gasteiger partial charge in [0, 0.05) is 13.0 Å². The van der Waals surface area contributed by atoms with Crippen molar-refractivity contribution in [3.05, 3.63) is 0 Å². The van der Waals surface area contributed by atoms with Crippen LogP contribution in [0.4, 0.5) is 0 Å². The monoisotopic (exact) mass is 130 g/mol. The zero-order valence-electron chi connectivity index (χ0n) is 6.05. The van der Waals surface area contributed by atoms with Crippen molar-refractivity contribution in [1.29, 1.82) is 0 Å². The Bertz CT molecular complexity index is 88.9. The molecule has 0 spiro atoms. The number of hydrogen-bond acceptors (Lipinski definition) is 2. The fourth-order valence-corrected chi connectivity index (χ4v) is 0.541. The van der Waals surface area contributed by atoms with E-state index in [1.54, 1.807) is 6.92 Å². The maximum absolute atomic E-state index is 10.4. The van der Waals surface area contributed by atoms with Gasteiger partial charge in [0.25, 0.3) is 0 Å². The van der Waals surface area contributed by atoms with Gasteiger partial charge in [0.15, 0.2) is 0 Å². The second kappa shape index (κ2) is 4.50. The topological polar surface area (TPSA) is 37.3 Å². The number of rotatable bonds is 4. The van der Waals surface area contributed by atoms with Crippen LogP contribution in [0, 0.1) is 5.92 Å². The second-order valence-corrected chi connectivity index (χ2v) is 2.53. The molecule has 0 aromatic heterocycles. The molecule has 0 fully saturated rings. The molecule has 0 radical (unpaired) electrons. The van der Waals surface area contributed by atoms with E-state index >= 15 is 0 Å². The Hall–Kier alpha value is -0.370. The molecule has 0 aliphatic carbocycles. The number of carbonyl (C=O) groups is 1. The van der Waals surface area contributed by atoms with Crippen molar-refractivity contribution in [2.75, 3.05) is 6.61 Å². The molecule has 0 heterocycles. The van der Waals surface area contributed by atoms with Gasteiger partial charge in [-0.3, -0.25) is 0 Å². The lowest BCUT2D eigenvalue weighted by molar-refractivity contribution is -0.117. The summed E-state index contributed by atoms with van der Waals surface area (Å²) < 4.78 is 0. The highest BCUT2D eigenvalue weighted by Gasteiger charge is 2.00. The third-order valence-electron chi connectivity index (χ3n) is 1.30. The highest BCUT2D eigenvalue weighted by atomic mass is 16.3. The summed E-state index contributed by atoms with van der Waals surface area (Å²) in [4.78, 5) is 10.4. The van der Waals surface area contributed by atoms with E-state index in [0.717, 1.165) is 6.42 Å². The standard InChI is InChI=1S/C7H14O2/c1-6(5-8)3-4-7(2)9/h6,8H,3-5H2,1-2H3. The number of carbonyl (C=O) groups excluding carboxylic acids is 1. The lowest BCUT2D eigenvalue weighted by Gasteiger charge is -2.03. The summed E-state index contributed by atoms with van der Waals surface area (Å²) in [7, 11) is 0. The van der Waals surface area contributed by atoms with Gasteiger partial charge in [-0.25, -0.2) is 0 Å². The largest absolute Gasteiger partial charge is 0.396 e. The van der Waals surface area contributed by atoms with Crippen LogP contribution in [0.25, 0.3) is 0 Å². The minimum atomic E-state index is 0.188. The molecule has 1 atom stereocenters. The van der Waals surface area contributed by atoms with Crippen molar-refractivity contribution >= 4 is 5.78 Å². The third-order valence-corrected chi connectivity index (χ3v) is 1.30. The lowest BCUT2D eigenvalue weighted by atomic mass is 10.1. The van der Waals surface area contributed by atoms with Crippen molar-refractivity contribution in [2.45, 2.75) is 26.7 Å². The SMILES string of the molecule is CC(=O)CCC(C)CO. The Morgan fingerprint density at radius 1 is 1.67 bits per heavy atom. The van der Waals surface area contributed by atoms with Crippen LogP contribution >= 0.6 is 0 Å². The van der Waals surface area contributed by atoms with Crippen LogP contribution in [0.5, 0.6) is 0 Å². The average Bonchev–Trinajstić information content (AvgIpc) is 1.83. The van der Waals surface area contributed by atoms with Crippen LogP contribution in [0.1, 0.15) is 26.7 Å². The first-order valence-electron chi connectivity index (χ1n) is 3.27. The number of aliphatic hydroxyl groups is 1. The molecule has 1 unspecified atom stereocenters. The van der Waals surface area contributed by atoms with Gasteiger partial charge < -0.3 is 9.90 Å². The van der Waals surface area contributed by atoms with Crippen LogP contribution in [0.2, 0.25) is 0 Å². The normalized spacial score (nSPS) is 13.2. The van der Waals surface area contributed by atoms with Crippen LogP contribution in [-0.4, -0.2) is 17.5 Å². The Labute approximate surface area is 55.9 Å². The molecule has 54 valence electrons. The fourth-order valence-electron chi connectivity index (χ4n) is 0.541. The van der Waals surface area contributed by atoms with Gasteiger partial charge in [0.2, 0.25) is 0 Å². The van der Waals surface area contributed by atoms with Gasteiger partial charge in [-0.1, -0.05) is 6.92 Å². The zero-order chi connectivity index (χ0) is 7.28. The molecule has 0 saturated heterocycles. The van der Waals surface area contributed by atoms with E-state index in [1.807, 2.05) is 6.92 Å². The van der Waals surface area contributed by atoms with E-state index in [4.69, 9.17) is 5.11 Å². The van der Waals surface area contributed by atoms with Crippen molar-refractivity contribution < 1.29 is 9.90 Å². The molecule has 0 bridgehead atoms. The Morgan fingerprint density at radius 2 is 2.22 bits per heavy atom. The smallest absolute Gasteiger partial charge is 0.129 e. The molecule has 2 nitrogen and oxygen atoms in total. The van der Waals surface area contributed by atoms with Gasteiger partial charge in [-0.2, -0.15) is 0 Å². The van der Waals surface area contributed by atoms with E-state index < -0.39 is 0 Å². The lowest BCUT2D eigenvalue weighted by Crippen LogP contribution is -2.02. The van der Waals surface area contributed by atoms with Crippen LogP contribution in [0.15, 0.2) is 0 Å². The summed E-state index contributed by atoms with van der Waals surface area (Å²) in [5, 5.41) is 8.54. The van der Waals surface area contributed by atoms with Gasteiger partial charge >= 0.3 is 0 Å². The Kier molecular flexibility index (Phi) is 4.32. The molecular formula is C7H14O2. The summed E-state index contributed by atoms with van der Waals surface area (Å²) in [6.45, 7) is 3.69. The molecule has 0 aliphatic rings. The molecule has 9 heavy (non-hydrogen) atoms. The average molecular weight is 130 g/mol. The minimum absolute atomic E-state index is 0.188. The number of aliphatic hydroxyl groups excluding tert-OH is 1. The number of hydrogen-bond donors (Lipinski definition) is 1. The van der Waals surface area contributed by atoms with Gasteiger partial charge in [0.05, 0.1) is 0 Å². The molecule has 1 N–H and O–H groups in total. The Morgan fingerprint density at radius 3 is 2.56 bits per heavy atom. The van der Waals surface area contributed by atoms with Crippen LogP contribution in [-0.2, 0) is 4.79 Å². The molecule has 2 heteroatoms. The zero-order valence-corrected chi connectivity index (χ0v) is 6.05. The van der Waals surface area contributed by atoms with Crippen molar-refractivity contribution in [2.24, 2.45) is 5.92 Å². The first-order valence-corrected chi connectivity index (χ1v) is 3.27. The van der Waals surface area contributed by atoms with Crippen LogP contribution < -0.4 is 0 Å². The van der Waals surface area contributed by atoms with E-state index in [2.05, 4.69) is 0 Å². The summed E-state index contributed by atoms with van der Waals surface area (Å²) in [5.74, 6) is 0.476. The molecule has 0 rings (SSSR count). The quantitative estimate of drug-likeness (QED) is 0.616. The predicted octanol–water partition coefficient (Wildman–Crippen LogP) is 0.984. The number of ketones is 1. The van der Waals surface area contributed by atoms with Gasteiger partial charge in [0.1, 0.15) is 5.78 Å². The van der Waals surface area contributed by atoms with Crippen molar-refractivity contribution in [3.63, 3.8) is 0 Å². The van der Waals surface area contributed by atoms with E-state index in [1.165, 1.54) is 0 Å². The highest BCUT2D eigenvalue weighted by molar-refractivity contribution is 5.75. The molecule has 0 aromatic rings. The summed E-state index contributed by atoms with van der Waals surface area (Å²) in [6.07, 6.45) is 1.41. The van der Waals surface area contributed by atoms with E-state index in [-0.39, 0.29) is 18.3 Å². The maximum Gasteiger partial charge on any atom is 0.129 e. The fraction of sp³-hybridized carbons (Fsp3) is 0.857. The van der Waals surface area contributed by atoms with Crippen molar-refractivity contribution in [1.82, 2.24) is 0 Å². The summed E-state index contributed by atoms with van der Waals surface area (Å²) in [5.41, 5.74) is 0. The second-order valence-electron chi connectivity index (χ2n) is 2.53. The summed E-state index contributed by atoms with van der Waals surface area (Å²) >= 11 is 0. The summed E-state index contributed by atoms with van der Waals surface area (Å²) in [6, 6.07) is 0. The Balaban J connectivity index is 3.16. The van der Waals surface area contributed by atoms with Crippen molar-refractivity contribution in [3.8, 4) is 0 Å². The molecule has 0 aliphatic heterocycles. The first-order chi connectivity index (χ1) is 4.16. The molecular weight excluding hydrogens is 116 g/mol. The predicted molar refractivity (Wildman–Crippen MR) is 36.2 cm³/mol.